The Labute approximate surface area is 215 Å². The van der Waals surface area contributed by atoms with E-state index in [-0.39, 0.29) is 18.8 Å². The number of hydrogen-bond donors (Lipinski definition) is 4. The Morgan fingerprint density at radius 2 is 1.00 bits per heavy atom. The molecule has 0 unspecified atom stereocenters. The summed E-state index contributed by atoms with van der Waals surface area (Å²) in [5.41, 5.74) is -0.165. The van der Waals surface area contributed by atoms with Crippen molar-refractivity contribution >= 4 is 23.9 Å². The molecule has 0 saturated carbocycles. The van der Waals surface area contributed by atoms with Crippen LogP contribution in [-0.2, 0) is 19.2 Å². The highest BCUT2D eigenvalue weighted by Gasteiger charge is 2.21. The third-order valence-electron chi connectivity index (χ3n) is 5.94. The van der Waals surface area contributed by atoms with E-state index in [0.29, 0.717) is 6.42 Å². The minimum Gasteiger partial charge on any atom is -0.480 e. The monoisotopic (exact) mass is 514 g/mol. The van der Waals surface area contributed by atoms with Crippen LogP contribution >= 0.6 is 0 Å². The molecule has 0 saturated heterocycles. The fourth-order valence-electron chi connectivity index (χ4n) is 4.06. The molecule has 0 fully saturated rings. The predicted molar refractivity (Wildman–Crippen MR) is 137 cm³/mol. The van der Waals surface area contributed by atoms with Gasteiger partial charge < -0.3 is 25.3 Å². The molecule has 0 amide bonds. The van der Waals surface area contributed by atoms with Crippen LogP contribution in [0.25, 0.3) is 0 Å². The maximum absolute atomic E-state index is 11.8. The van der Waals surface area contributed by atoms with Gasteiger partial charge in [-0.25, -0.2) is 4.79 Å². The van der Waals surface area contributed by atoms with Gasteiger partial charge in [-0.1, -0.05) is 90.0 Å². The SMILES string of the molecule is CCCCCCCCCCCCCCCC=C(C(=O)O)N(CCN(CC(=O)O)CC(=O)O)CC(=O)O. The lowest BCUT2D eigenvalue weighted by atomic mass is 10.0. The zero-order chi connectivity index (χ0) is 27.2. The zero-order valence-electron chi connectivity index (χ0n) is 21.8. The number of allylic oxidation sites excluding steroid dienone is 1. The summed E-state index contributed by atoms with van der Waals surface area (Å²) in [5.74, 6) is -4.95. The maximum atomic E-state index is 11.8. The standard InChI is InChI=1S/C26H46N2O8/c1-2-3-4-5-6-7-8-9-10-11-12-13-14-15-16-22(26(35)36)28(21-25(33)34)18-17-27(19-23(29)30)20-24(31)32/h16H,2-15,17-21H2,1H3,(H,29,30)(H,31,32)(H,33,34)(H,35,36). The molecule has 0 aliphatic carbocycles. The summed E-state index contributed by atoms with van der Waals surface area (Å²) in [4.78, 5) is 47.3. The fraction of sp³-hybridized carbons (Fsp3) is 0.769. The molecule has 0 bridgehead atoms. The van der Waals surface area contributed by atoms with Crippen LogP contribution < -0.4 is 0 Å². The summed E-state index contributed by atoms with van der Waals surface area (Å²) in [6.07, 6.45) is 17.6. The molecule has 10 nitrogen and oxygen atoms in total. The Balaban J connectivity index is 4.49. The smallest absolute Gasteiger partial charge is 0.351 e. The van der Waals surface area contributed by atoms with Gasteiger partial charge in [0.15, 0.2) is 0 Å². The molecule has 0 rings (SSSR count). The Bertz CT molecular complexity index is 665. The highest BCUT2D eigenvalue weighted by Crippen LogP contribution is 2.14. The summed E-state index contributed by atoms with van der Waals surface area (Å²) in [5, 5.41) is 36.7. The number of hydrogen-bond acceptors (Lipinski definition) is 6. The molecule has 208 valence electrons. The highest BCUT2D eigenvalue weighted by atomic mass is 16.4. The summed E-state index contributed by atoms with van der Waals surface area (Å²) >= 11 is 0. The van der Waals surface area contributed by atoms with Crippen LogP contribution in [0, 0.1) is 0 Å². The second-order valence-corrected chi connectivity index (χ2v) is 9.24. The molecule has 0 aromatic heterocycles. The van der Waals surface area contributed by atoms with Crippen LogP contribution in [0.15, 0.2) is 11.8 Å². The number of carbonyl (C=O) groups is 4. The van der Waals surface area contributed by atoms with Gasteiger partial charge in [-0.05, 0) is 12.8 Å². The number of nitrogens with zero attached hydrogens (tertiary/aromatic N) is 2. The van der Waals surface area contributed by atoms with Gasteiger partial charge in [0.05, 0.1) is 13.1 Å². The number of aliphatic carboxylic acids is 4. The molecular weight excluding hydrogens is 468 g/mol. The average molecular weight is 515 g/mol. The molecule has 0 aromatic rings. The molecule has 0 aliphatic rings. The third-order valence-corrected chi connectivity index (χ3v) is 5.94. The largest absolute Gasteiger partial charge is 0.480 e. The zero-order valence-corrected chi connectivity index (χ0v) is 21.8. The first-order chi connectivity index (χ1) is 17.2. The van der Waals surface area contributed by atoms with Gasteiger partial charge in [0.2, 0.25) is 0 Å². The van der Waals surface area contributed by atoms with E-state index in [4.69, 9.17) is 10.2 Å². The lowest BCUT2D eigenvalue weighted by molar-refractivity contribution is -0.143. The van der Waals surface area contributed by atoms with Gasteiger partial charge in [0.25, 0.3) is 0 Å². The van der Waals surface area contributed by atoms with Gasteiger partial charge in [0, 0.05) is 13.1 Å². The molecule has 0 heterocycles. The van der Waals surface area contributed by atoms with Crippen LogP contribution in [0.2, 0.25) is 0 Å². The molecule has 0 spiro atoms. The Hall–Kier alpha value is -2.62. The van der Waals surface area contributed by atoms with Crippen molar-refractivity contribution in [1.29, 1.82) is 0 Å². The predicted octanol–water partition coefficient (Wildman–Crippen LogP) is 4.29. The number of carboxylic acid groups (broad SMARTS) is 4. The Morgan fingerprint density at radius 3 is 1.39 bits per heavy atom. The molecule has 0 aliphatic heterocycles. The first-order valence-electron chi connectivity index (χ1n) is 13.2. The topological polar surface area (TPSA) is 156 Å². The van der Waals surface area contributed by atoms with Crippen LogP contribution in [0.1, 0.15) is 96.8 Å². The number of rotatable bonds is 25. The van der Waals surface area contributed by atoms with Gasteiger partial charge in [-0.3, -0.25) is 19.3 Å². The van der Waals surface area contributed by atoms with Crippen molar-refractivity contribution in [2.75, 3.05) is 32.7 Å². The summed E-state index contributed by atoms with van der Waals surface area (Å²) < 4.78 is 0. The van der Waals surface area contributed by atoms with Crippen molar-refractivity contribution in [3.63, 3.8) is 0 Å². The van der Waals surface area contributed by atoms with Crippen molar-refractivity contribution in [3.05, 3.63) is 11.8 Å². The van der Waals surface area contributed by atoms with Crippen LogP contribution in [0.5, 0.6) is 0 Å². The summed E-state index contributed by atoms with van der Waals surface area (Å²) in [6.45, 7) is 0.335. The molecule has 0 radical (unpaired) electrons. The maximum Gasteiger partial charge on any atom is 0.351 e. The molecule has 36 heavy (non-hydrogen) atoms. The lowest BCUT2D eigenvalue weighted by Gasteiger charge is -2.26. The normalized spacial score (nSPS) is 11.6. The summed E-state index contributed by atoms with van der Waals surface area (Å²) in [6, 6.07) is 0. The molecule has 10 heteroatoms. The first kappa shape index (κ1) is 33.4. The Kier molecular flexibility index (Phi) is 20.1. The number of unbranched alkanes of at least 4 members (excludes halogenated alkanes) is 13. The van der Waals surface area contributed by atoms with E-state index in [1.165, 1.54) is 63.9 Å². The van der Waals surface area contributed by atoms with E-state index >= 15 is 0 Å². The molecular formula is C26H46N2O8. The van der Waals surface area contributed by atoms with Crippen LogP contribution in [-0.4, -0.2) is 86.8 Å². The second-order valence-electron chi connectivity index (χ2n) is 9.24. The van der Waals surface area contributed by atoms with Crippen molar-refractivity contribution in [2.45, 2.75) is 96.8 Å². The minimum absolute atomic E-state index is 0.102. The molecule has 0 aromatic carbocycles. The first-order valence-corrected chi connectivity index (χ1v) is 13.2. The van der Waals surface area contributed by atoms with Crippen molar-refractivity contribution in [3.8, 4) is 0 Å². The van der Waals surface area contributed by atoms with Gasteiger partial charge in [-0.15, -0.1) is 0 Å². The quantitative estimate of drug-likeness (QED) is 0.102. The van der Waals surface area contributed by atoms with Crippen molar-refractivity contribution in [1.82, 2.24) is 9.80 Å². The van der Waals surface area contributed by atoms with Crippen molar-refractivity contribution in [2.24, 2.45) is 0 Å². The number of carboxylic acids is 4. The third kappa shape index (κ3) is 19.7. The average Bonchev–Trinajstić information content (AvgIpc) is 2.78. The summed E-state index contributed by atoms with van der Waals surface area (Å²) in [7, 11) is 0. The van der Waals surface area contributed by atoms with Gasteiger partial charge >= 0.3 is 23.9 Å². The minimum atomic E-state index is -1.27. The fourth-order valence-corrected chi connectivity index (χ4v) is 4.06. The van der Waals surface area contributed by atoms with Gasteiger partial charge in [-0.2, -0.15) is 0 Å². The highest BCUT2D eigenvalue weighted by molar-refractivity contribution is 5.86. The van der Waals surface area contributed by atoms with E-state index in [0.717, 1.165) is 35.5 Å². The Morgan fingerprint density at radius 1 is 0.583 bits per heavy atom. The van der Waals surface area contributed by atoms with E-state index in [2.05, 4.69) is 6.92 Å². The second kappa shape index (κ2) is 21.6. The van der Waals surface area contributed by atoms with E-state index in [1.54, 1.807) is 0 Å². The molecule has 4 N–H and O–H groups in total. The van der Waals surface area contributed by atoms with Gasteiger partial charge in [0.1, 0.15) is 12.2 Å². The van der Waals surface area contributed by atoms with E-state index in [9.17, 15) is 29.4 Å². The van der Waals surface area contributed by atoms with E-state index < -0.39 is 43.5 Å². The van der Waals surface area contributed by atoms with Crippen LogP contribution in [0.4, 0.5) is 0 Å². The van der Waals surface area contributed by atoms with E-state index in [1.807, 2.05) is 0 Å². The molecule has 0 atom stereocenters. The van der Waals surface area contributed by atoms with Crippen molar-refractivity contribution < 1.29 is 39.6 Å². The van der Waals surface area contributed by atoms with Crippen LogP contribution in [0.3, 0.4) is 0 Å². The lowest BCUT2D eigenvalue weighted by Crippen LogP contribution is -2.42.